The fraction of sp³-hybridized carbons (Fsp3) is 0.583. The molecule has 1 aromatic rings. The van der Waals surface area contributed by atoms with Gasteiger partial charge < -0.3 is 20.1 Å². The Morgan fingerprint density at radius 2 is 1.89 bits per heavy atom. The van der Waals surface area contributed by atoms with Gasteiger partial charge in [-0.15, -0.1) is 0 Å². The Hall–Kier alpha value is -1.11. The van der Waals surface area contributed by atoms with E-state index in [0.29, 0.717) is 11.3 Å². The van der Waals surface area contributed by atoms with Gasteiger partial charge in [0.25, 0.3) is 0 Å². The third-order valence-corrected chi connectivity index (χ3v) is 3.21. The van der Waals surface area contributed by atoms with Crippen LogP contribution in [0, 0.1) is 0 Å². The lowest BCUT2D eigenvalue weighted by molar-refractivity contribution is -0.0982. The molecule has 5 nitrogen and oxygen atoms in total. The van der Waals surface area contributed by atoms with Crippen LogP contribution in [0.2, 0.25) is 0 Å². The van der Waals surface area contributed by atoms with Gasteiger partial charge in [0.15, 0.2) is 0 Å². The molecule has 0 spiro atoms. The van der Waals surface area contributed by atoms with E-state index in [1.807, 2.05) is 0 Å². The topological polar surface area (TPSA) is 74.6 Å². The predicted octanol–water partition coefficient (Wildman–Crippen LogP) is 0.377. The Morgan fingerprint density at radius 1 is 1.28 bits per heavy atom. The van der Waals surface area contributed by atoms with E-state index in [4.69, 9.17) is 4.65 Å². The second-order valence-corrected chi connectivity index (χ2v) is 5.27. The van der Waals surface area contributed by atoms with Gasteiger partial charge in [0.05, 0.1) is 11.2 Å². The molecule has 0 bridgehead atoms. The molecule has 0 saturated carbocycles. The van der Waals surface area contributed by atoms with Gasteiger partial charge in [0.2, 0.25) is 0 Å². The predicted molar refractivity (Wildman–Crippen MR) is 72.9 cm³/mol. The second-order valence-electron chi connectivity index (χ2n) is 5.27. The number of anilines is 1. The minimum atomic E-state index is -1.12. The molecule has 0 radical (unpaired) electrons. The molecular weight excluding hydrogens is 231 g/mol. The molecule has 0 aliphatic rings. The van der Waals surface area contributed by atoms with Gasteiger partial charge in [-0.2, -0.15) is 0 Å². The van der Waals surface area contributed by atoms with Crippen LogP contribution in [0.4, 0.5) is 5.82 Å². The first-order chi connectivity index (χ1) is 8.17. The summed E-state index contributed by atoms with van der Waals surface area (Å²) in [7, 11) is 0.650. The van der Waals surface area contributed by atoms with Crippen LogP contribution in [-0.2, 0) is 4.65 Å². The summed E-state index contributed by atoms with van der Waals surface area (Å²) in [5.41, 5.74) is -1.40. The Bertz CT molecular complexity index is 387. The average molecular weight is 252 g/mol. The van der Waals surface area contributed by atoms with Crippen LogP contribution >= 0.6 is 0 Å². The van der Waals surface area contributed by atoms with E-state index in [1.54, 1.807) is 46.9 Å². The van der Waals surface area contributed by atoms with E-state index in [9.17, 15) is 10.1 Å². The highest BCUT2D eigenvalue weighted by molar-refractivity contribution is 6.60. The van der Waals surface area contributed by atoms with Crippen LogP contribution in [0.3, 0.4) is 0 Å². The highest BCUT2D eigenvalue weighted by Gasteiger charge is 2.39. The molecule has 1 rings (SSSR count). The van der Waals surface area contributed by atoms with Crippen LogP contribution in [-0.4, -0.2) is 40.5 Å². The molecule has 18 heavy (non-hydrogen) atoms. The number of hydrogen-bond acceptors (Lipinski definition) is 5. The number of aliphatic hydroxyl groups is 1. The molecule has 0 fully saturated rings. The summed E-state index contributed by atoms with van der Waals surface area (Å²) in [5.74, 6) is 0.715. The zero-order valence-corrected chi connectivity index (χ0v) is 11.6. The van der Waals surface area contributed by atoms with Crippen molar-refractivity contribution in [3.8, 4) is 0 Å². The quantitative estimate of drug-likeness (QED) is 0.660. The standard InChI is InChI=1S/C12H21BN2O3/c1-11(2,16)12(3,4)18-13(17)9-6-7-10(14-5)15-8-9/h6-8,16-17H,1-5H3,(H,14,15). The third kappa shape index (κ3) is 3.44. The van der Waals surface area contributed by atoms with Gasteiger partial charge in [-0.3, -0.25) is 0 Å². The lowest BCUT2D eigenvalue weighted by Gasteiger charge is -2.38. The van der Waals surface area contributed by atoms with Gasteiger partial charge in [-0.25, -0.2) is 4.98 Å². The smallest absolute Gasteiger partial charge is 0.423 e. The maximum atomic E-state index is 9.99. The van der Waals surface area contributed by atoms with Gasteiger partial charge in [-0.1, -0.05) is 6.07 Å². The van der Waals surface area contributed by atoms with Crippen molar-refractivity contribution in [1.29, 1.82) is 0 Å². The van der Waals surface area contributed by atoms with Crippen LogP contribution in [0.5, 0.6) is 0 Å². The fourth-order valence-corrected chi connectivity index (χ4v) is 1.19. The molecular formula is C12H21BN2O3. The molecule has 3 N–H and O–H groups in total. The van der Waals surface area contributed by atoms with Crippen molar-refractivity contribution in [2.24, 2.45) is 0 Å². The van der Waals surface area contributed by atoms with E-state index < -0.39 is 18.3 Å². The summed E-state index contributed by atoms with van der Waals surface area (Å²) in [6.07, 6.45) is 1.54. The van der Waals surface area contributed by atoms with Crippen molar-refractivity contribution >= 4 is 18.4 Å². The maximum absolute atomic E-state index is 9.99. The van der Waals surface area contributed by atoms with Crippen molar-refractivity contribution in [2.45, 2.75) is 38.9 Å². The van der Waals surface area contributed by atoms with E-state index >= 15 is 0 Å². The van der Waals surface area contributed by atoms with E-state index in [0.717, 1.165) is 0 Å². The average Bonchev–Trinajstić information content (AvgIpc) is 2.27. The molecule has 0 amide bonds. The van der Waals surface area contributed by atoms with Crippen molar-refractivity contribution in [1.82, 2.24) is 4.98 Å². The van der Waals surface area contributed by atoms with E-state index in [2.05, 4.69) is 10.3 Å². The molecule has 1 heterocycles. The molecule has 6 heteroatoms. The minimum absolute atomic E-state index is 0.548. The molecule has 0 aliphatic carbocycles. The Balaban J connectivity index is 2.78. The number of pyridine rings is 1. The lowest BCUT2D eigenvalue weighted by Crippen LogP contribution is -2.53. The number of nitrogens with zero attached hydrogens (tertiary/aromatic N) is 1. The molecule has 0 unspecified atom stereocenters. The van der Waals surface area contributed by atoms with Crippen molar-refractivity contribution in [3.63, 3.8) is 0 Å². The number of hydrogen-bond donors (Lipinski definition) is 3. The Kier molecular flexibility index (Phi) is 4.37. The molecule has 0 atom stereocenters. The fourth-order valence-electron chi connectivity index (χ4n) is 1.19. The zero-order chi connectivity index (χ0) is 14.0. The third-order valence-electron chi connectivity index (χ3n) is 3.21. The van der Waals surface area contributed by atoms with Crippen LogP contribution in [0.1, 0.15) is 27.7 Å². The summed E-state index contributed by atoms with van der Waals surface area (Å²) in [6.45, 7) is 6.74. The molecule has 0 aromatic carbocycles. The first-order valence-electron chi connectivity index (χ1n) is 5.89. The van der Waals surface area contributed by atoms with Crippen LogP contribution in [0.15, 0.2) is 18.3 Å². The van der Waals surface area contributed by atoms with Crippen molar-refractivity contribution in [3.05, 3.63) is 18.3 Å². The SMILES string of the molecule is CNc1ccc(B(O)OC(C)(C)C(C)(C)O)cn1. The van der Waals surface area contributed by atoms with Crippen LogP contribution < -0.4 is 10.8 Å². The van der Waals surface area contributed by atoms with Gasteiger partial charge >= 0.3 is 7.12 Å². The van der Waals surface area contributed by atoms with Gasteiger partial charge in [0, 0.05) is 18.7 Å². The monoisotopic (exact) mass is 252 g/mol. The number of rotatable bonds is 5. The number of aromatic nitrogens is 1. The highest BCUT2D eigenvalue weighted by Crippen LogP contribution is 2.25. The van der Waals surface area contributed by atoms with E-state index in [1.165, 1.54) is 6.20 Å². The summed E-state index contributed by atoms with van der Waals surface area (Å²) in [6, 6.07) is 3.48. The normalized spacial score (nSPS) is 12.4. The first-order valence-corrected chi connectivity index (χ1v) is 5.89. The zero-order valence-electron chi connectivity index (χ0n) is 11.6. The molecule has 100 valence electrons. The van der Waals surface area contributed by atoms with Gasteiger partial charge in [0.1, 0.15) is 5.82 Å². The number of nitrogens with one attached hydrogen (secondary N) is 1. The highest BCUT2D eigenvalue weighted by atomic mass is 16.5. The first kappa shape index (κ1) is 15.0. The van der Waals surface area contributed by atoms with Gasteiger partial charge in [-0.05, 0) is 33.8 Å². The minimum Gasteiger partial charge on any atom is -0.423 e. The van der Waals surface area contributed by atoms with Crippen molar-refractivity contribution in [2.75, 3.05) is 12.4 Å². The summed E-state index contributed by atoms with van der Waals surface area (Å²) < 4.78 is 5.51. The largest absolute Gasteiger partial charge is 0.493 e. The molecule has 0 aliphatic heterocycles. The molecule has 0 saturated heterocycles. The van der Waals surface area contributed by atoms with E-state index in [-0.39, 0.29) is 0 Å². The summed E-state index contributed by atoms with van der Waals surface area (Å²) in [5, 5.41) is 22.8. The Morgan fingerprint density at radius 3 is 2.28 bits per heavy atom. The Labute approximate surface area is 108 Å². The molecule has 1 aromatic heterocycles. The van der Waals surface area contributed by atoms with Crippen LogP contribution in [0.25, 0.3) is 0 Å². The van der Waals surface area contributed by atoms with Crippen molar-refractivity contribution < 1.29 is 14.8 Å². The lowest BCUT2D eigenvalue weighted by atomic mass is 9.77. The second kappa shape index (κ2) is 5.26. The summed E-state index contributed by atoms with van der Waals surface area (Å²) in [4.78, 5) is 4.10. The maximum Gasteiger partial charge on any atom is 0.493 e. The summed E-state index contributed by atoms with van der Waals surface area (Å²) >= 11 is 0.